The molecule has 1 saturated heterocycles. The van der Waals surface area contributed by atoms with Crippen molar-refractivity contribution in [2.45, 2.75) is 42.5 Å². The van der Waals surface area contributed by atoms with Gasteiger partial charge in [-0.05, 0) is 37.1 Å². The van der Waals surface area contributed by atoms with E-state index in [9.17, 15) is 18.0 Å². The summed E-state index contributed by atoms with van der Waals surface area (Å²) in [7, 11) is -0.628. The fraction of sp³-hybridized carbons (Fsp3) is 0.556. The molecule has 7 nitrogen and oxygen atoms in total. The lowest BCUT2D eigenvalue weighted by molar-refractivity contribution is -0.168. The number of sulfonamides is 1. The van der Waals surface area contributed by atoms with Crippen molar-refractivity contribution in [3.05, 3.63) is 29.8 Å². The third kappa shape index (κ3) is 3.12. The van der Waals surface area contributed by atoms with Crippen LogP contribution in [-0.4, -0.2) is 62.3 Å². The van der Waals surface area contributed by atoms with Crippen molar-refractivity contribution in [1.29, 1.82) is 0 Å². The zero-order chi connectivity index (χ0) is 18.9. The number of carbonyl (C=O) groups is 2. The van der Waals surface area contributed by atoms with E-state index in [0.717, 1.165) is 23.6 Å². The molecule has 0 radical (unpaired) electrons. The Bertz CT molecular complexity index is 795. The van der Waals surface area contributed by atoms with Crippen LogP contribution < -0.4 is 0 Å². The van der Waals surface area contributed by atoms with E-state index < -0.39 is 15.6 Å². The van der Waals surface area contributed by atoms with E-state index in [-0.39, 0.29) is 23.4 Å². The largest absolute Gasteiger partial charge is 0.462 e. The maximum atomic E-state index is 13.1. The highest BCUT2D eigenvalue weighted by Crippen LogP contribution is 2.37. The van der Waals surface area contributed by atoms with E-state index in [2.05, 4.69) is 0 Å². The van der Waals surface area contributed by atoms with E-state index in [1.54, 1.807) is 4.90 Å². The normalized spacial score (nSPS) is 20.3. The molecule has 26 heavy (non-hydrogen) atoms. The molecular formula is C18H24N2O5S. The molecule has 1 saturated carbocycles. The number of esters is 1. The maximum Gasteiger partial charge on any atom is 0.332 e. The topological polar surface area (TPSA) is 84.0 Å². The van der Waals surface area contributed by atoms with Gasteiger partial charge in [-0.15, -0.1) is 0 Å². The van der Waals surface area contributed by atoms with Crippen LogP contribution in [0.2, 0.25) is 0 Å². The van der Waals surface area contributed by atoms with Crippen LogP contribution in [0.25, 0.3) is 0 Å². The second-order valence-corrected chi connectivity index (χ2v) is 9.15. The third-order valence-corrected chi connectivity index (χ3v) is 7.08. The van der Waals surface area contributed by atoms with E-state index in [4.69, 9.17) is 4.74 Å². The van der Waals surface area contributed by atoms with E-state index in [0.29, 0.717) is 24.9 Å². The molecule has 1 spiro atoms. The zero-order valence-electron chi connectivity index (χ0n) is 15.1. The second kappa shape index (κ2) is 7.00. The molecule has 1 amide bonds. The lowest BCUT2D eigenvalue weighted by Crippen LogP contribution is -2.62. The Morgan fingerprint density at radius 1 is 1.12 bits per heavy atom. The van der Waals surface area contributed by atoms with E-state index in [1.807, 2.05) is 0 Å². The van der Waals surface area contributed by atoms with Crippen LogP contribution in [-0.2, 0) is 19.6 Å². The molecule has 0 aromatic heterocycles. The predicted molar refractivity (Wildman–Crippen MR) is 95.1 cm³/mol. The average molecular weight is 380 g/mol. The number of benzene rings is 1. The van der Waals surface area contributed by atoms with Gasteiger partial charge in [0.25, 0.3) is 5.91 Å². The smallest absolute Gasteiger partial charge is 0.332 e. The summed E-state index contributed by atoms with van der Waals surface area (Å²) in [4.78, 5) is 27.3. The van der Waals surface area contributed by atoms with Gasteiger partial charge >= 0.3 is 5.97 Å². The fourth-order valence-corrected chi connectivity index (χ4v) is 4.63. The average Bonchev–Trinajstić information content (AvgIpc) is 2.64. The number of ether oxygens (including phenoxy) is 1. The predicted octanol–water partition coefficient (Wildman–Crippen LogP) is 1.64. The quantitative estimate of drug-likeness (QED) is 0.745. The number of rotatable bonds is 3. The number of hydrogen-bond donors (Lipinski definition) is 0. The first kappa shape index (κ1) is 18.8. The number of morpholine rings is 1. The molecule has 0 bridgehead atoms. The van der Waals surface area contributed by atoms with Gasteiger partial charge in [0.05, 0.1) is 11.4 Å². The van der Waals surface area contributed by atoms with Gasteiger partial charge in [-0.1, -0.05) is 19.3 Å². The number of cyclic esters (lactones) is 1. The standard InChI is InChI=1S/C18H24N2O5S/c1-19(2)26(23,24)15-8-6-14(7-9-15)16(21)20-12-13-25-17(22)18(20)10-4-3-5-11-18/h6-9H,3-5,10-13H2,1-2H3. The van der Waals surface area contributed by atoms with Crippen LogP contribution in [0.15, 0.2) is 29.2 Å². The Morgan fingerprint density at radius 3 is 2.31 bits per heavy atom. The van der Waals surface area contributed by atoms with Gasteiger partial charge in [0, 0.05) is 19.7 Å². The Morgan fingerprint density at radius 2 is 1.73 bits per heavy atom. The first-order chi connectivity index (χ1) is 12.3. The van der Waals surface area contributed by atoms with E-state index >= 15 is 0 Å². The number of nitrogens with zero attached hydrogens (tertiary/aromatic N) is 2. The van der Waals surface area contributed by atoms with Crippen molar-refractivity contribution in [2.75, 3.05) is 27.2 Å². The zero-order valence-corrected chi connectivity index (χ0v) is 15.9. The highest BCUT2D eigenvalue weighted by Gasteiger charge is 2.50. The fourth-order valence-electron chi connectivity index (χ4n) is 3.73. The summed E-state index contributed by atoms with van der Waals surface area (Å²) < 4.78 is 30.7. The lowest BCUT2D eigenvalue weighted by Gasteiger charge is -2.47. The summed E-state index contributed by atoms with van der Waals surface area (Å²) in [5, 5.41) is 0. The highest BCUT2D eigenvalue weighted by atomic mass is 32.2. The molecule has 1 aliphatic heterocycles. The van der Waals surface area contributed by atoms with Crippen LogP contribution in [0.1, 0.15) is 42.5 Å². The highest BCUT2D eigenvalue weighted by molar-refractivity contribution is 7.89. The number of hydrogen-bond acceptors (Lipinski definition) is 5. The van der Waals surface area contributed by atoms with Crippen molar-refractivity contribution < 1.29 is 22.7 Å². The monoisotopic (exact) mass is 380 g/mol. The second-order valence-electron chi connectivity index (χ2n) is 7.00. The van der Waals surface area contributed by atoms with Crippen LogP contribution >= 0.6 is 0 Å². The molecule has 0 unspecified atom stereocenters. The van der Waals surface area contributed by atoms with Crippen molar-refractivity contribution in [1.82, 2.24) is 9.21 Å². The number of amides is 1. The summed E-state index contributed by atoms with van der Waals surface area (Å²) in [5.41, 5.74) is -0.496. The molecule has 0 N–H and O–H groups in total. The first-order valence-electron chi connectivity index (χ1n) is 8.81. The molecule has 3 rings (SSSR count). The molecule has 2 aliphatic rings. The first-order valence-corrected chi connectivity index (χ1v) is 10.2. The Labute approximate surface area is 154 Å². The maximum absolute atomic E-state index is 13.1. The molecule has 1 aromatic rings. The molecule has 142 valence electrons. The Kier molecular flexibility index (Phi) is 5.07. The van der Waals surface area contributed by atoms with Gasteiger partial charge in [0.15, 0.2) is 0 Å². The summed E-state index contributed by atoms with van der Waals surface area (Å²) >= 11 is 0. The van der Waals surface area contributed by atoms with Gasteiger partial charge < -0.3 is 9.64 Å². The van der Waals surface area contributed by atoms with Gasteiger partial charge in [0.2, 0.25) is 10.0 Å². The van der Waals surface area contributed by atoms with Crippen LogP contribution in [0.4, 0.5) is 0 Å². The Balaban J connectivity index is 1.89. The third-order valence-electron chi connectivity index (χ3n) is 5.25. The molecule has 1 aliphatic carbocycles. The van der Waals surface area contributed by atoms with Crippen LogP contribution in [0, 0.1) is 0 Å². The van der Waals surface area contributed by atoms with Crippen LogP contribution in [0.3, 0.4) is 0 Å². The summed E-state index contributed by atoms with van der Waals surface area (Å²) in [6.07, 6.45) is 4.06. The van der Waals surface area contributed by atoms with Crippen molar-refractivity contribution in [3.63, 3.8) is 0 Å². The molecule has 1 aromatic carbocycles. The van der Waals surface area contributed by atoms with Crippen LogP contribution in [0.5, 0.6) is 0 Å². The molecular weight excluding hydrogens is 356 g/mol. The van der Waals surface area contributed by atoms with Gasteiger partial charge in [-0.2, -0.15) is 0 Å². The van der Waals surface area contributed by atoms with Crippen molar-refractivity contribution in [2.24, 2.45) is 0 Å². The van der Waals surface area contributed by atoms with Crippen molar-refractivity contribution in [3.8, 4) is 0 Å². The summed E-state index contributed by atoms with van der Waals surface area (Å²) in [5.74, 6) is -0.569. The van der Waals surface area contributed by atoms with Crippen molar-refractivity contribution >= 4 is 21.9 Å². The minimum atomic E-state index is -3.55. The number of carbonyl (C=O) groups excluding carboxylic acids is 2. The molecule has 2 fully saturated rings. The molecule has 1 heterocycles. The van der Waals surface area contributed by atoms with E-state index in [1.165, 1.54) is 38.4 Å². The lowest BCUT2D eigenvalue weighted by atomic mass is 9.79. The summed E-state index contributed by atoms with van der Waals surface area (Å²) in [6.45, 7) is 0.557. The van der Waals surface area contributed by atoms with Gasteiger partial charge in [-0.3, -0.25) is 4.79 Å². The van der Waals surface area contributed by atoms with Gasteiger partial charge in [0.1, 0.15) is 12.1 Å². The minimum absolute atomic E-state index is 0.129. The Hall–Kier alpha value is -1.93. The van der Waals surface area contributed by atoms with Gasteiger partial charge in [-0.25, -0.2) is 17.5 Å². The summed E-state index contributed by atoms with van der Waals surface area (Å²) in [6, 6.07) is 5.88. The molecule has 8 heteroatoms. The SMILES string of the molecule is CN(C)S(=O)(=O)c1ccc(C(=O)N2CCOC(=O)C23CCCCC3)cc1. The molecule has 0 atom stereocenters. The minimum Gasteiger partial charge on any atom is -0.462 e.